The van der Waals surface area contributed by atoms with E-state index in [9.17, 15) is 4.79 Å². The highest BCUT2D eigenvalue weighted by Gasteiger charge is 2.12. The number of carbonyl (C=O) groups is 1. The minimum atomic E-state index is -0.167. The molecule has 1 aromatic heterocycles. The summed E-state index contributed by atoms with van der Waals surface area (Å²) in [6.45, 7) is 11.2. The number of fused-ring (bicyclic) bond motifs is 1. The third-order valence-corrected chi connectivity index (χ3v) is 4.66. The van der Waals surface area contributed by atoms with Gasteiger partial charge < -0.3 is 14.6 Å². The van der Waals surface area contributed by atoms with Crippen LogP contribution in [0.3, 0.4) is 0 Å². The van der Waals surface area contributed by atoms with E-state index in [1.807, 2.05) is 36.4 Å². The summed E-state index contributed by atoms with van der Waals surface area (Å²) in [4.78, 5) is 16.5. The lowest BCUT2D eigenvalue weighted by Gasteiger charge is -2.12. The zero-order valence-electron chi connectivity index (χ0n) is 16.7. The Kier molecular flexibility index (Phi) is 6.14. The van der Waals surface area contributed by atoms with Gasteiger partial charge in [0.15, 0.2) is 0 Å². The third-order valence-electron chi connectivity index (χ3n) is 4.66. The van der Waals surface area contributed by atoms with Crippen LogP contribution in [0.2, 0.25) is 0 Å². The molecular formula is C23H27N3O2. The number of imidazole rings is 1. The van der Waals surface area contributed by atoms with Crippen LogP contribution in [0.4, 0.5) is 0 Å². The quantitative estimate of drug-likeness (QED) is 0.591. The zero-order chi connectivity index (χ0) is 20.1. The maximum absolute atomic E-state index is 11.8. The maximum atomic E-state index is 11.8. The lowest BCUT2D eigenvalue weighted by atomic mass is 10.0. The fourth-order valence-electron chi connectivity index (χ4n) is 3.02. The van der Waals surface area contributed by atoms with Gasteiger partial charge in [0.25, 0.3) is 0 Å². The van der Waals surface area contributed by atoms with Crippen LogP contribution >= 0.6 is 0 Å². The smallest absolute Gasteiger partial charge is 0.246 e. The van der Waals surface area contributed by atoms with Gasteiger partial charge in [-0.3, -0.25) is 4.79 Å². The van der Waals surface area contributed by atoms with Gasteiger partial charge >= 0.3 is 0 Å². The van der Waals surface area contributed by atoms with Crippen molar-refractivity contribution in [2.75, 3.05) is 6.61 Å². The van der Waals surface area contributed by atoms with Crippen LogP contribution in [0.15, 0.2) is 60.7 Å². The molecule has 1 heterocycles. The van der Waals surface area contributed by atoms with Crippen LogP contribution in [0.25, 0.3) is 11.0 Å². The van der Waals surface area contributed by atoms with Gasteiger partial charge in [0.05, 0.1) is 24.1 Å². The van der Waals surface area contributed by atoms with Gasteiger partial charge in [-0.1, -0.05) is 44.7 Å². The minimum absolute atomic E-state index is 0.167. The first-order valence-electron chi connectivity index (χ1n) is 9.56. The summed E-state index contributed by atoms with van der Waals surface area (Å²) < 4.78 is 8.03. The predicted molar refractivity (Wildman–Crippen MR) is 112 cm³/mol. The number of rotatable bonds is 8. The van der Waals surface area contributed by atoms with Gasteiger partial charge in [-0.25, -0.2) is 4.98 Å². The molecule has 5 heteroatoms. The van der Waals surface area contributed by atoms with E-state index in [0.29, 0.717) is 31.2 Å². The lowest BCUT2D eigenvalue weighted by Crippen LogP contribution is -2.25. The molecule has 28 heavy (non-hydrogen) atoms. The Hall–Kier alpha value is -3.08. The minimum Gasteiger partial charge on any atom is -0.492 e. The molecule has 1 N–H and O–H groups in total. The molecule has 3 rings (SSSR count). The molecule has 0 aliphatic rings. The van der Waals surface area contributed by atoms with Crippen LogP contribution in [0.5, 0.6) is 5.75 Å². The second-order valence-corrected chi connectivity index (χ2v) is 7.20. The Morgan fingerprint density at radius 3 is 2.57 bits per heavy atom. The van der Waals surface area contributed by atoms with Crippen LogP contribution < -0.4 is 10.1 Å². The van der Waals surface area contributed by atoms with Crippen molar-refractivity contribution in [2.45, 2.75) is 39.8 Å². The molecule has 146 valence electrons. The fraction of sp³-hybridized carbons (Fsp3) is 0.304. The molecule has 5 nitrogen and oxygen atoms in total. The van der Waals surface area contributed by atoms with Crippen LogP contribution in [-0.2, 0) is 17.9 Å². The highest BCUT2D eigenvalue weighted by atomic mass is 16.5. The average Bonchev–Trinajstić information content (AvgIpc) is 3.04. The molecule has 3 aromatic rings. The molecule has 0 saturated carbocycles. The second-order valence-electron chi connectivity index (χ2n) is 7.20. The maximum Gasteiger partial charge on any atom is 0.246 e. The number of ether oxygens (including phenoxy) is 1. The number of para-hydroxylation sites is 2. The second kappa shape index (κ2) is 8.74. The summed E-state index contributed by atoms with van der Waals surface area (Å²) in [5, 5.41) is 2.86. The van der Waals surface area contributed by atoms with E-state index < -0.39 is 0 Å². The van der Waals surface area contributed by atoms with Crippen molar-refractivity contribution in [3.05, 3.63) is 72.1 Å². The van der Waals surface area contributed by atoms with Gasteiger partial charge in [0.1, 0.15) is 18.2 Å². The summed E-state index contributed by atoms with van der Waals surface area (Å²) in [5.74, 6) is 1.99. The molecule has 0 saturated heterocycles. The molecule has 0 bridgehead atoms. The Morgan fingerprint density at radius 1 is 1.18 bits per heavy atom. The monoisotopic (exact) mass is 377 g/mol. The molecule has 0 aliphatic heterocycles. The number of nitrogens with one attached hydrogen (secondary N) is 1. The Labute approximate surface area is 166 Å². The number of amides is 1. The normalized spacial score (nSPS) is 11.0. The van der Waals surface area contributed by atoms with Gasteiger partial charge in [0.2, 0.25) is 5.91 Å². The van der Waals surface area contributed by atoms with Crippen molar-refractivity contribution in [3.8, 4) is 5.75 Å². The molecule has 1 amide bonds. The SMILES string of the molecule is C=C(C)C(=O)NCc1nc2ccccc2n1CCOc1ccc(C(C)C)cc1. The fourth-order valence-corrected chi connectivity index (χ4v) is 3.02. The number of benzene rings is 2. The van der Waals surface area contributed by atoms with Crippen LogP contribution in [0.1, 0.15) is 38.1 Å². The highest BCUT2D eigenvalue weighted by Crippen LogP contribution is 2.19. The third kappa shape index (κ3) is 4.60. The lowest BCUT2D eigenvalue weighted by molar-refractivity contribution is -0.117. The topological polar surface area (TPSA) is 56.2 Å². The highest BCUT2D eigenvalue weighted by molar-refractivity contribution is 5.92. The molecule has 0 fully saturated rings. The van der Waals surface area contributed by atoms with Crippen molar-refractivity contribution in [1.29, 1.82) is 0 Å². The summed E-state index contributed by atoms with van der Waals surface area (Å²) in [5.41, 5.74) is 3.71. The van der Waals surface area contributed by atoms with E-state index in [0.717, 1.165) is 22.6 Å². The van der Waals surface area contributed by atoms with Gasteiger partial charge in [-0.05, 0) is 42.7 Å². The van der Waals surface area contributed by atoms with Crippen molar-refractivity contribution in [2.24, 2.45) is 0 Å². The first kappa shape index (κ1) is 19.7. The molecule has 0 aliphatic carbocycles. The Morgan fingerprint density at radius 2 is 1.89 bits per heavy atom. The standard InChI is InChI=1S/C23H27N3O2/c1-16(2)18-9-11-19(12-10-18)28-14-13-26-21-8-6-5-7-20(21)25-22(26)15-24-23(27)17(3)4/h5-12,16H,3,13-15H2,1-2,4H3,(H,24,27). The number of hydrogen-bond acceptors (Lipinski definition) is 3. The van der Waals surface area contributed by atoms with Crippen molar-refractivity contribution < 1.29 is 9.53 Å². The molecule has 2 aromatic carbocycles. The van der Waals surface area contributed by atoms with Crippen molar-refractivity contribution in [1.82, 2.24) is 14.9 Å². The van der Waals surface area contributed by atoms with E-state index in [1.165, 1.54) is 5.56 Å². The molecular weight excluding hydrogens is 350 g/mol. The molecule has 0 radical (unpaired) electrons. The van der Waals surface area contributed by atoms with Gasteiger partial charge in [-0.15, -0.1) is 0 Å². The number of aromatic nitrogens is 2. The van der Waals surface area contributed by atoms with Gasteiger partial charge in [0, 0.05) is 5.57 Å². The molecule has 0 spiro atoms. The van der Waals surface area contributed by atoms with E-state index in [4.69, 9.17) is 4.74 Å². The van der Waals surface area contributed by atoms with Crippen molar-refractivity contribution in [3.63, 3.8) is 0 Å². The Bertz CT molecular complexity index is 971. The number of nitrogens with zero attached hydrogens (tertiary/aromatic N) is 2. The van der Waals surface area contributed by atoms with Crippen LogP contribution in [0, 0.1) is 0 Å². The molecule has 0 atom stereocenters. The van der Waals surface area contributed by atoms with E-state index >= 15 is 0 Å². The first-order chi connectivity index (χ1) is 13.5. The summed E-state index contributed by atoms with van der Waals surface area (Å²) in [6.07, 6.45) is 0. The molecule has 0 unspecified atom stereocenters. The first-order valence-corrected chi connectivity index (χ1v) is 9.56. The van der Waals surface area contributed by atoms with E-state index in [2.05, 4.69) is 47.4 Å². The Balaban J connectivity index is 1.71. The zero-order valence-corrected chi connectivity index (χ0v) is 16.7. The summed E-state index contributed by atoms with van der Waals surface area (Å²) in [7, 11) is 0. The van der Waals surface area contributed by atoms with E-state index in [1.54, 1.807) is 6.92 Å². The van der Waals surface area contributed by atoms with Crippen molar-refractivity contribution >= 4 is 16.9 Å². The van der Waals surface area contributed by atoms with E-state index in [-0.39, 0.29) is 5.91 Å². The number of hydrogen-bond donors (Lipinski definition) is 1. The van der Waals surface area contributed by atoms with Crippen LogP contribution in [-0.4, -0.2) is 22.1 Å². The predicted octanol–water partition coefficient (Wildman–Crippen LogP) is 4.43. The summed E-state index contributed by atoms with van der Waals surface area (Å²) >= 11 is 0. The summed E-state index contributed by atoms with van der Waals surface area (Å²) in [6, 6.07) is 16.2. The largest absolute Gasteiger partial charge is 0.492 e. The average molecular weight is 377 g/mol. The van der Waals surface area contributed by atoms with Gasteiger partial charge in [-0.2, -0.15) is 0 Å². The number of carbonyl (C=O) groups excluding carboxylic acids is 1.